The van der Waals surface area contributed by atoms with Crippen LogP contribution in [0.2, 0.25) is 0 Å². The van der Waals surface area contributed by atoms with Crippen LogP contribution in [0.3, 0.4) is 0 Å². The van der Waals surface area contributed by atoms with Crippen LogP contribution in [0.5, 0.6) is 0 Å². The number of hydrogen-bond acceptors (Lipinski definition) is 6. The molecule has 0 aliphatic carbocycles. The number of anilines is 1. The number of hydrogen-bond donors (Lipinski definition) is 1. The van der Waals surface area contributed by atoms with E-state index in [1.54, 1.807) is 11.3 Å². The normalized spacial score (nSPS) is 15.9. The number of rotatable bonds is 7. The molecule has 0 saturated carbocycles. The van der Waals surface area contributed by atoms with E-state index < -0.39 is 0 Å². The molecule has 1 saturated heterocycles. The van der Waals surface area contributed by atoms with Gasteiger partial charge in [-0.15, -0.1) is 10.2 Å². The van der Waals surface area contributed by atoms with E-state index in [2.05, 4.69) is 26.7 Å². The van der Waals surface area contributed by atoms with Crippen molar-refractivity contribution in [2.75, 3.05) is 37.0 Å². The molecule has 1 N–H and O–H groups in total. The molecule has 1 fully saturated rings. The standard InChI is InChI=1S/C19H26N4OS2/c1-14-21-22-19(26-14)16-5-3-6-17(13-16)20-18(24)15-7-10-23(11-8-15)9-4-12-25-2/h3,5-6,13,15H,4,7-12H2,1-2H3,(H,20,24). The maximum absolute atomic E-state index is 12.6. The summed E-state index contributed by atoms with van der Waals surface area (Å²) < 4.78 is 0. The lowest BCUT2D eigenvalue weighted by Gasteiger charge is -2.31. The zero-order valence-electron chi connectivity index (χ0n) is 15.4. The van der Waals surface area contributed by atoms with Crippen molar-refractivity contribution < 1.29 is 4.79 Å². The second-order valence-electron chi connectivity index (χ2n) is 6.66. The lowest BCUT2D eigenvalue weighted by atomic mass is 9.95. The Labute approximate surface area is 163 Å². The van der Waals surface area contributed by atoms with Crippen molar-refractivity contribution in [2.45, 2.75) is 26.2 Å². The summed E-state index contributed by atoms with van der Waals surface area (Å²) in [6, 6.07) is 7.88. The Hall–Kier alpha value is -1.44. The van der Waals surface area contributed by atoms with E-state index in [4.69, 9.17) is 0 Å². The second-order valence-corrected chi connectivity index (χ2v) is 8.83. The summed E-state index contributed by atoms with van der Waals surface area (Å²) in [6.45, 7) is 5.14. The fourth-order valence-corrected chi connectivity index (χ4v) is 4.34. The van der Waals surface area contributed by atoms with E-state index in [1.807, 2.05) is 43.0 Å². The van der Waals surface area contributed by atoms with Gasteiger partial charge in [0.15, 0.2) is 0 Å². The Morgan fingerprint density at radius 3 is 2.85 bits per heavy atom. The minimum Gasteiger partial charge on any atom is -0.326 e. The molecule has 0 unspecified atom stereocenters. The summed E-state index contributed by atoms with van der Waals surface area (Å²) in [5, 5.41) is 13.2. The molecule has 26 heavy (non-hydrogen) atoms. The molecular weight excluding hydrogens is 364 g/mol. The lowest BCUT2D eigenvalue weighted by molar-refractivity contribution is -0.121. The van der Waals surface area contributed by atoms with Gasteiger partial charge in [-0.25, -0.2) is 0 Å². The molecule has 1 aliphatic rings. The Bertz CT molecular complexity index is 726. The number of thioether (sulfide) groups is 1. The van der Waals surface area contributed by atoms with E-state index in [0.29, 0.717) is 0 Å². The average Bonchev–Trinajstić information content (AvgIpc) is 3.09. The zero-order valence-corrected chi connectivity index (χ0v) is 17.0. The molecule has 7 heteroatoms. The van der Waals surface area contributed by atoms with E-state index in [9.17, 15) is 4.79 Å². The molecule has 2 aromatic rings. The van der Waals surface area contributed by atoms with Crippen LogP contribution in [-0.2, 0) is 4.79 Å². The number of carbonyl (C=O) groups is 1. The van der Waals surface area contributed by atoms with Gasteiger partial charge in [0.2, 0.25) is 5.91 Å². The van der Waals surface area contributed by atoms with Gasteiger partial charge in [0, 0.05) is 17.2 Å². The topological polar surface area (TPSA) is 58.1 Å². The van der Waals surface area contributed by atoms with Crippen LogP contribution >= 0.6 is 23.1 Å². The highest BCUT2D eigenvalue weighted by atomic mass is 32.2. The molecule has 1 amide bonds. The van der Waals surface area contributed by atoms with Crippen molar-refractivity contribution >= 4 is 34.7 Å². The van der Waals surface area contributed by atoms with Gasteiger partial charge >= 0.3 is 0 Å². The number of nitrogens with one attached hydrogen (secondary N) is 1. The van der Waals surface area contributed by atoms with Crippen LogP contribution in [0.15, 0.2) is 24.3 Å². The number of likely N-dealkylation sites (tertiary alicyclic amines) is 1. The van der Waals surface area contributed by atoms with Crippen LogP contribution in [0.1, 0.15) is 24.3 Å². The third kappa shape index (κ3) is 5.28. The summed E-state index contributed by atoms with van der Waals surface area (Å²) in [6.07, 6.45) is 5.27. The predicted molar refractivity (Wildman–Crippen MR) is 111 cm³/mol. The Kier molecular flexibility index (Phi) is 7.05. The van der Waals surface area contributed by atoms with Crippen molar-refractivity contribution in [3.63, 3.8) is 0 Å². The van der Waals surface area contributed by atoms with Gasteiger partial charge < -0.3 is 10.2 Å². The molecule has 1 aromatic heterocycles. The Morgan fingerprint density at radius 2 is 2.15 bits per heavy atom. The summed E-state index contributed by atoms with van der Waals surface area (Å²) >= 11 is 3.46. The highest BCUT2D eigenvalue weighted by Crippen LogP contribution is 2.26. The predicted octanol–water partition coefficient (Wildman–Crippen LogP) is 3.92. The number of amides is 1. The summed E-state index contributed by atoms with van der Waals surface area (Å²) in [4.78, 5) is 15.1. The zero-order chi connectivity index (χ0) is 18.4. The molecule has 0 spiro atoms. The quantitative estimate of drug-likeness (QED) is 0.726. The fraction of sp³-hybridized carbons (Fsp3) is 0.526. The number of nitrogens with zero attached hydrogens (tertiary/aromatic N) is 3. The van der Waals surface area contributed by atoms with Crippen LogP contribution in [0, 0.1) is 12.8 Å². The van der Waals surface area contributed by atoms with Gasteiger partial charge in [-0.3, -0.25) is 4.79 Å². The van der Waals surface area contributed by atoms with Gasteiger partial charge in [0.1, 0.15) is 10.0 Å². The summed E-state index contributed by atoms with van der Waals surface area (Å²) in [5.74, 6) is 1.46. The first-order valence-electron chi connectivity index (χ1n) is 9.08. The molecular formula is C19H26N4OS2. The van der Waals surface area contributed by atoms with Crippen LogP contribution in [-0.4, -0.2) is 52.6 Å². The van der Waals surface area contributed by atoms with Crippen molar-refractivity contribution in [1.82, 2.24) is 15.1 Å². The number of benzene rings is 1. The second kappa shape index (κ2) is 9.48. The summed E-state index contributed by atoms with van der Waals surface area (Å²) in [5.41, 5.74) is 1.83. The lowest BCUT2D eigenvalue weighted by Crippen LogP contribution is -2.38. The number of carbonyl (C=O) groups excluding carboxylic acids is 1. The molecule has 0 atom stereocenters. The van der Waals surface area contributed by atoms with Crippen LogP contribution in [0.25, 0.3) is 10.6 Å². The largest absolute Gasteiger partial charge is 0.326 e. The molecule has 3 rings (SSSR count). The molecule has 0 bridgehead atoms. The first-order valence-corrected chi connectivity index (χ1v) is 11.3. The molecule has 1 aromatic carbocycles. The molecule has 2 heterocycles. The highest BCUT2D eigenvalue weighted by molar-refractivity contribution is 7.98. The van der Waals surface area contributed by atoms with Gasteiger partial charge in [0.05, 0.1) is 0 Å². The van der Waals surface area contributed by atoms with Crippen LogP contribution < -0.4 is 5.32 Å². The van der Waals surface area contributed by atoms with Gasteiger partial charge in [-0.1, -0.05) is 23.5 Å². The van der Waals surface area contributed by atoms with Crippen molar-refractivity contribution in [3.05, 3.63) is 29.3 Å². The monoisotopic (exact) mass is 390 g/mol. The number of piperidine rings is 1. The summed E-state index contributed by atoms with van der Waals surface area (Å²) in [7, 11) is 0. The molecule has 1 aliphatic heterocycles. The van der Waals surface area contributed by atoms with Gasteiger partial charge in [-0.05, 0) is 70.0 Å². The first-order chi connectivity index (χ1) is 12.7. The molecule has 5 nitrogen and oxygen atoms in total. The molecule has 140 valence electrons. The maximum Gasteiger partial charge on any atom is 0.227 e. The van der Waals surface area contributed by atoms with E-state index in [-0.39, 0.29) is 11.8 Å². The van der Waals surface area contributed by atoms with Gasteiger partial charge in [0.25, 0.3) is 0 Å². The molecule has 0 radical (unpaired) electrons. The van der Waals surface area contributed by atoms with Crippen molar-refractivity contribution in [3.8, 4) is 10.6 Å². The van der Waals surface area contributed by atoms with E-state index in [0.717, 1.165) is 53.7 Å². The van der Waals surface area contributed by atoms with Crippen LogP contribution in [0.4, 0.5) is 5.69 Å². The third-order valence-corrected chi connectivity index (χ3v) is 6.27. The van der Waals surface area contributed by atoms with Crippen molar-refractivity contribution in [1.29, 1.82) is 0 Å². The average molecular weight is 391 g/mol. The third-order valence-electron chi connectivity index (χ3n) is 4.68. The van der Waals surface area contributed by atoms with E-state index >= 15 is 0 Å². The smallest absolute Gasteiger partial charge is 0.227 e. The first kappa shape index (κ1) is 19.3. The number of aromatic nitrogens is 2. The maximum atomic E-state index is 12.6. The SMILES string of the molecule is CSCCCN1CCC(C(=O)Nc2cccc(-c3nnc(C)s3)c2)CC1. The Morgan fingerprint density at radius 1 is 1.35 bits per heavy atom. The minimum atomic E-state index is 0.110. The van der Waals surface area contributed by atoms with Gasteiger partial charge in [-0.2, -0.15) is 11.8 Å². The fourth-order valence-electron chi connectivity index (χ4n) is 3.24. The number of aryl methyl sites for hydroxylation is 1. The van der Waals surface area contributed by atoms with Crippen molar-refractivity contribution in [2.24, 2.45) is 5.92 Å². The highest BCUT2D eigenvalue weighted by Gasteiger charge is 2.24. The van der Waals surface area contributed by atoms with E-state index in [1.165, 1.54) is 12.2 Å². The Balaban J connectivity index is 1.52. The minimum absolute atomic E-state index is 0.110.